The molecule has 0 bridgehead atoms. The lowest BCUT2D eigenvalue weighted by molar-refractivity contribution is -0.116. The van der Waals surface area contributed by atoms with Crippen LogP contribution in [0.5, 0.6) is 0 Å². The Morgan fingerprint density at radius 3 is 2.55 bits per heavy atom. The molecule has 1 amide bonds. The lowest BCUT2D eigenvalue weighted by Gasteiger charge is -2.20. The van der Waals surface area contributed by atoms with Crippen LogP contribution in [0.1, 0.15) is 27.2 Å². The Labute approximate surface area is 122 Å². The maximum absolute atomic E-state index is 12.4. The van der Waals surface area contributed by atoms with Crippen LogP contribution in [0.15, 0.2) is 29.2 Å². The average molecular weight is 302 g/mol. The fourth-order valence-corrected chi connectivity index (χ4v) is 2.13. The minimum absolute atomic E-state index is 0.0519. The highest BCUT2D eigenvalue weighted by atomic mass is 32.2. The fourth-order valence-electron chi connectivity index (χ4n) is 1.53. The Morgan fingerprint density at radius 1 is 1.30 bits per heavy atom. The topological polar surface area (TPSA) is 41.1 Å². The normalized spacial score (nSPS) is 11.7. The summed E-state index contributed by atoms with van der Waals surface area (Å²) in [4.78, 5) is 12.2. The van der Waals surface area contributed by atoms with Crippen LogP contribution < -0.4 is 10.6 Å². The number of rotatable bonds is 6. The molecule has 20 heavy (non-hydrogen) atoms. The molecule has 0 aliphatic carbocycles. The van der Waals surface area contributed by atoms with E-state index >= 15 is 0 Å². The van der Waals surface area contributed by atoms with Gasteiger partial charge in [-0.2, -0.15) is 8.78 Å². The first-order chi connectivity index (χ1) is 9.28. The summed E-state index contributed by atoms with van der Waals surface area (Å²) < 4.78 is 24.8. The van der Waals surface area contributed by atoms with Crippen molar-refractivity contribution in [3.8, 4) is 0 Å². The molecule has 0 heterocycles. The number of carbonyl (C=O) groups is 1. The molecule has 1 aromatic rings. The number of alkyl halides is 2. The number of hydrogen-bond donors (Lipinski definition) is 2. The average Bonchev–Trinajstić information content (AvgIpc) is 2.29. The fraction of sp³-hybridized carbons (Fsp3) is 0.500. The van der Waals surface area contributed by atoms with Crippen LogP contribution in [-0.2, 0) is 4.79 Å². The first-order valence-corrected chi connectivity index (χ1v) is 7.24. The van der Waals surface area contributed by atoms with Crippen LogP contribution >= 0.6 is 11.8 Å². The molecule has 0 aliphatic rings. The van der Waals surface area contributed by atoms with Gasteiger partial charge in [0.25, 0.3) is 5.76 Å². The summed E-state index contributed by atoms with van der Waals surface area (Å²) in [5.74, 6) is -2.69. The predicted octanol–water partition coefficient (Wildman–Crippen LogP) is 3.72. The summed E-state index contributed by atoms with van der Waals surface area (Å²) in [7, 11) is 0. The van der Waals surface area contributed by atoms with E-state index in [9.17, 15) is 13.6 Å². The maximum Gasteiger partial charge on any atom is 0.288 e. The Morgan fingerprint density at radius 2 is 1.95 bits per heavy atom. The second kappa shape index (κ2) is 7.59. The number of carbonyl (C=O) groups excluding carboxylic acids is 1. The van der Waals surface area contributed by atoms with Crippen molar-refractivity contribution in [2.24, 2.45) is 0 Å². The summed E-state index contributed by atoms with van der Waals surface area (Å²) >= 11 is 0.431. The van der Waals surface area contributed by atoms with E-state index < -0.39 is 5.76 Å². The van der Waals surface area contributed by atoms with Crippen molar-refractivity contribution in [1.29, 1.82) is 0 Å². The highest BCUT2D eigenvalue weighted by molar-refractivity contribution is 7.99. The van der Waals surface area contributed by atoms with Gasteiger partial charge in [0.15, 0.2) is 0 Å². The van der Waals surface area contributed by atoms with E-state index in [1.165, 1.54) is 0 Å². The van der Waals surface area contributed by atoms with Crippen molar-refractivity contribution in [3.05, 3.63) is 24.3 Å². The summed E-state index contributed by atoms with van der Waals surface area (Å²) in [5, 5.41) is 5.87. The highest BCUT2D eigenvalue weighted by Gasteiger charge is 2.13. The molecule has 0 fully saturated rings. The van der Waals surface area contributed by atoms with Crippen molar-refractivity contribution < 1.29 is 13.6 Å². The number of benzene rings is 1. The summed E-state index contributed by atoms with van der Waals surface area (Å²) in [6.45, 7) is 6.58. The minimum Gasteiger partial charge on any atom is -0.325 e. The predicted molar refractivity (Wildman–Crippen MR) is 79.3 cm³/mol. The molecular weight excluding hydrogens is 282 g/mol. The first kappa shape index (κ1) is 16.9. The standard InChI is InChI=1S/C14H20F2N2OS/c1-14(2,3)17-9-8-12(19)18-10-6-4-5-7-11(10)20-13(15)16/h4-7,13,17H,8-9H2,1-3H3,(H,18,19). The van der Waals surface area contributed by atoms with Gasteiger partial charge in [-0.1, -0.05) is 23.9 Å². The van der Waals surface area contributed by atoms with Gasteiger partial charge < -0.3 is 10.6 Å². The molecule has 112 valence electrons. The monoisotopic (exact) mass is 302 g/mol. The van der Waals surface area contributed by atoms with Gasteiger partial charge in [0.2, 0.25) is 5.91 Å². The molecule has 0 spiro atoms. The number of thioether (sulfide) groups is 1. The third-order valence-corrected chi connectivity index (χ3v) is 3.17. The first-order valence-electron chi connectivity index (χ1n) is 6.36. The molecule has 0 aliphatic heterocycles. The quantitative estimate of drug-likeness (QED) is 0.787. The van der Waals surface area contributed by atoms with E-state index in [0.29, 0.717) is 35.3 Å². The van der Waals surface area contributed by atoms with Crippen LogP contribution in [0.4, 0.5) is 14.5 Å². The molecule has 0 unspecified atom stereocenters. The van der Waals surface area contributed by atoms with Gasteiger partial charge >= 0.3 is 0 Å². The van der Waals surface area contributed by atoms with E-state index in [1.807, 2.05) is 20.8 Å². The van der Waals surface area contributed by atoms with Crippen molar-refractivity contribution in [2.75, 3.05) is 11.9 Å². The molecule has 0 radical (unpaired) electrons. The van der Waals surface area contributed by atoms with E-state index in [4.69, 9.17) is 0 Å². The Hall–Kier alpha value is -1.14. The summed E-state index contributed by atoms with van der Waals surface area (Å²) in [6, 6.07) is 6.57. The highest BCUT2D eigenvalue weighted by Crippen LogP contribution is 2.31. The smallest absolute Gasteiger partial charge is 0.288 e. The van der Waals surface area contributed by atoms with Crippen LogP contribution in [0, 0.1) is 0 Å². The summed E-state index contributed by atoms with van der Waals surface area (Å²) in [6.07, 6.45) is 0.297. The molecule has 0 aromatic heterocycles. The number of anilines is 1. The molecule has 6 heteroatoms. The van der Waals surface area contributed by atoms with E-state index in [0.717, 1.165) is 0 Å². The van der Waals surface area contributed by atoms with Gasteiger partial charge in [-0.25, -0.2) is 0 Å². The number of hydrogen-bond acceptors (Lipinski definition) is 3. The Balaban J connectivity index is 2.53. The molecule has 1 aromatic carbocycles. The SMILES string of the molecule is CC(C)(C)NCCC(=O)Nc1ccccc1SC(F)F. The van der Waals surface area contributed by atoms with Gasteiger partial charge in [0, 0.05) is 23.4 Å². The van der Waals surface area contributed by atoms with Crippen molar-refractivity contribution in [3.63, 3.8) is 0 Å². The molecular formula is C14H20F2N2OS. The molecule has 1 rings (SSSR count). The zero-order valence-electron chi connectivity index (χ0n) is 11.9. The van der Waals surface area contributed by atoms with Crippen molar-refractivity contribution >= 4 is 23.4 Å². The maximum atomic E-state index is 12.4. The summed E-state index contributed by atoms with van der Waals surface area (Å²) in [5.41, 5.74) is 0.377. The third-order valence-electron chi connectivity index (χ3n) is 2.38. The van der Waals surface area contributed by atoms with Crippen LogP contribution in [0.3, 0.4) is 0 Å². The van der Waals surface area contributed by atoms with Gasteiger partial charge in [-0.05, 0) is 32.9 Å². The number of amides is 1. The van der Waals surface area contributed by atoms with Gasteiger partial charge in [0.1, 0.15) is 0 Å². The zero-order valence-corrected chi connectivity index (χ0v) is 12.7. The van der Waals surface area contributed by atoms with E-state index in [1.54, 1.807) is 24.3 Å². The van der Waals surface area contributed by atoms with Crippen LogP contribution in [-0.4, -0.2) is 23.7 Å². The molecule has 0 saturated heterocycles. The largest absolute Gasteiger partial charge is 0.325 e. The van der Waals surface area contributed by atoms with Crippen LogP contribution in [0.25, 0.3) is 0 Å². The van der Waals surface area contributed by atoms with Gasteiger partial charge in [0.05, 0.1) is 5.69 Å². The molecule has 2 N–H and O–H groups in total. The lowest BCUT2D eigenvalue weighted by Crippen LogP contribution is -2.37. The molecule has 3 nitrogen and oxygen atoms in total. The number of para-hydroxylation sites is 1. The van der Waals surface area contributed by atoms with Crippen molar-refractivity contribution in [1.82, 2.24) is 5.32 Å². The van der Waals surface area contributed by atoms with Gasteiger partial charge in [-0.3, -0.25) is 4.79 Å². The van der Waals surface area contributed by atoms with Crippen molar-refractivity contribution in [2.45, 2.75) is 43.4 Å². The van der Waals surface area contributed by atoms with E-state index in [-0.39, 0.29) is 11.4 Å². The third kappa shape index (κ3) is 6.86. The lowest BCUT2D eigenvalue weighted by atomic mass is 10.1. The van der Waals surface area contributed by atoms with E-state index in [2.05, 4.69) is 10.6 Å². The number of nitrogens with one attached hydrogen (secondary N) is 2. The Kier molecular flexibility index (Phi) is 6.42. The Bertz CT molecular complexity index is 447. The second-order valence-electron chi connectivity index (χ2n) is 5.35. The molecule has 0 atom stereocenters. The van der Waals surface area contributed by atoms with Gasteiger partial charge in [-0.15, -0.1) is 0 Å². The van der Waals surface area contributed by atoms with Crippen LogP contribution in [0.2, 0.25) is 0 Å². The minimum atomic E-state index is -2.50. The number of halogens is 2. The second-order valence-corrected chi connectivity index (χ2v) is 6.38. The molecule has 0 saturated carbocycles. The zero-order chi connectivity index (χ0) is 15.2.